The number of carbonyl (C=O) groups excluding carboxylic acids is 1. The third-order valence-corrected chi connectivity index (χ3v) is 3.97. The van der Waals surface area contributed by atoms with Crippen molar-refractivity contribution in [3.05, 3.63) is 59.7 Å². The maximum atomic E-state index is 13.0. The van der Waals surface area contributed by atoms with Gasteiger partial charge >= 0.3 is 12.1 Å². The van der Waals surface area contributed by atoms with E-state index in [1.165, 1.54) is 18.2 Å². The molecule has 3 N–H and O–H groups in total. The summed E-state index contributed by atoms with van der Waals surface area (Å²) in [5.74, 6) is -1.43. The minimum atomic E-state index is -4.55. The van der Waals surface area contributed by atoms with Gasteiger partial charge in [0.1, 0.15) is 0 Å². The number of benzene rings is 2. The SMILES string of the molecule is CC(CC(=O)Nc1ccccc1C(F)(F)F)Nc1cccc(CCC(=O)O)c1. The van der Waals surface area contributed by atoms with Crippen LogP contribution in [0.25, 0.3) is 0 Å². The third kappa shape index (κ3) is 6.61. The summed E-state index contributed by atoms with van der Waals surface area (Å²) >= 11 is 0. The summed E-state index contributed by atoms with van der Waals surface area (Å²) in [7, 11) is 0. The van der Waals surface area contributed by atoms with Crippen molar-refractivity contribution in [1.29, 1.82) is 0 Å². The molecule has 0 saturated carbocycles. The number of carboxylic acids is 1. The van der Waals surface area contributed by atoms with Gasteiger partial charge in [-0.25, -0.2) is 0 Å². The van der Waals surface area contributed by atoms with Gasteiger partial charge in [-0.3, -0.25) is 9.59 Å². The van der Waals surface area contributed by atoms with Crippen LogP contribution < -0.4 is 10.6 Å². The molecule has 8 heteroatoms. The second-order valence-electron chi connectivity index (χ2n) is 6.44. The molecule has 0 bridgehead atoms. The average molecular weight is 394 g/mol. The van der Waals surface area contributed by atoms with Crippen molar-refractivity contribution in [2.24, 2.45) is 0 Å². The molecule has 0 spiro atoms. The number of rotatable bonds is 8. The lowest BCUT2D eigenvalue weighted by Gasteiger charge is -2.17. The van der Waals surface area contributed by atoms with Crippen LogP contribution in [0.1, 0.15) is 30.9 Å². The van der Waals surface area contributed by atoms with E-state index < -0.39 is 23.6 Å². The molecule has 0 aromatic heterocycles. The van der Waals surface area contributed by atoms with Crippen molar-refractivity contribution in [2.75, 3.05) is 10.6 Å². The third-order valence-electron chi connectivity index (χ3n) is 3.97. The average Bonchev–Trinajstić information content (AvgIpc) is 2.59. The van der Waals surface area contributed by atoms with Gasteiger partial charge in [-0.05, 0) is 43.2 Å². The van der Waals surface area contributed by atoms with Crippen LogP contribution in [-0.2, 0) is 22.2 Å². The highest BCUT2D eigenvalue weighted by molar-refractivity contribution is 5.92. The van der Waals surface area contributed by atoms with Crippen molar-refractivity contribution >= 4 is 23.3 Å². The normalized spacial score (nSPS) is 12.3. The largest absolute Gasteiger partial charge is 0.481 e. The van der Waals surface area contributed by atoms with E-state index in [2.05, 4.69) is 10.6 Å². The zero-order valence-corrected chi connectivity index (χ0v) is 15.2. The first-order valence-electron chi connectivity index (χ1n) is 8.68. The quantitative estimate of drug-likeness (QED) is 0.614. The molecule has 2 aromatic rings. The van der Waals surface area contributed by atoms with E-state index in [9.17, 15) is 22.8 Å². The summed E-state index contributed by atoms with van der Waals surface area (Å²) in [6.07, 6.45) is -4.19. The Labute approximate surface area is 160 Å². The Morgan fingerprint density at radius 2 is 1.82 bits per heavy atom. The van der Waals surface area contributed by atoms with Crippen molar-refractivity contribution in [3.63, 3.8) is 0 Å². The monoisotopic (exact) mass is 394 g/mol. The molecule has 0 radical (unpaired) electrons. The maximum Gasteiger partial charge on any atom is 0.418 e. The van der Waals surface area contributed by atoms with E-state index in [1.54, 1.807) is 31.2 Å². The molecule has 5 nitrogen and oxygen atoms in total. The summed E-state index contributed by atoms with van der Waals surface area (Å²) < 4.78 is 39.0. The van der Waals surface area contributed by atoms with Crippen molar-refractivity contribution in [2.45, 2.75) is 38.4 Å². The highest BCUT2D eigenvalue weighted by Gasteiger charge is 2.33. The van der Waals surface area contributed by atoms with E-state index in [-0.39, 0.29) is 24.6 Å². The number of aliphatic carboxylic acids is 1. The molecule has 28 heavy (non-hydrogen) atoms. The second kappa shape index (κ2) is 9.25. The fourth-order valence-corrected chi connectivity index (χ4v) is 2.72. The van der Waals surface area contributed by atoms with Gasteiger partial charge in [0.15, 0.2) is 0 Å². The molecule has 0 heterocycles. The Morgan fingerprint density at radius 1 is 1.11 bits per heavy atom. The van der Waals surface area contributed by atoms with Gasteiger partial charge in [-0.1, -0.05) is 24.3 Å². The number of para-hydroxylation sites is 1. The topological polar surface area (TPSA) is 78.4 Å². The number of alkyl halides is 3. The molecule has 0 aliphatic rings. The lowest BCUT2D eigenvalue weighted by Crippen LogP contribution is -2.24. The number of halogens is 3. The van der Waals surface area contributed by atoms with Crippen LogP contribution in [0.4, 0.5) is 24.5 Å². The number of hydrogen-bond donors (Lipinski definition) is 3. The van der Waals surface area contributed by atoms with Crippen LogP contribution in [-0.4, -0.2) is 23.0 Å². The number of carboxylic acid groups (broad SMARTS) is 1. The highest BCUT2D eigenvalue weighted by Crippen LogP contribution is 2.34. The molecule has 150 valence electrons. The zero-order chi connectivity index (χ0) is 20.7. The summed E-state index contributed by atoms with van der Waals surface area (Å²) in [6.45, 7) is 1.74. The Hall–Kier alpha value is -3.03. The van der Waals surface area contributed by atoms with Crippen molar-refractivity contribution in [1.82, 2.24) is 0 Å². The fourth-order valence-electron chi connectivity index (χ4n) is 2.72. The maximum absolute atomic E-state index is 13.0. The molecule has 0 saturated heterocycles. The Kier molecular flexibility index (Phi) is 7.03. The van der Waals surface area contributed by atoms with Crippen LogP contribution in [0.3, 0.4) is 0 Å². The first kappa shape index (κ1) is 21.3. The van der Waals surface area contributed by atoms with Gasteiger partial charge in [-0.15, -0.1) is 0 Å². The number of carbonyl (C=O) groups is 2. The molecular formula is C20H21F3N2O3. The Balaban J connectivity index is 1.95. The lowest BCUT2D eigenvalue weighted by atomic mass is 10.1. The van der Waals surface area contributed by atoms with E-state index in [1.807, 2.05) is 0 Å². The van der Waals surface area contributed by atoms with Crippen molar-refractivity contribution in [3.8, 4) is 0 Å². The molecule has 0 aliphatic heterocycles. The van der Waals surface area contributed by atoms with E-state index in [0.29, 0.717) is 12.1 Å². The molecule has 2 rings (SSSR count). The Morgan fingerprint density at radius 3 is 2.50 bits per heavy atom. The van der Waals surface area contributed by atoms with Crippen LogP contribution in [0.2, 0.25) is 0 Å². The van der Waals surface area contributed by atoms with Crippen LogP contribution in [0, 0.1) is 0 Å². The minimum Gasteiger partial charge on any atom is -0.481 e. The van der Waals surface area contributed by atoms with Gasteiger partial charge in [0.25, 0.3) is 0 Å². The van der Waals surface area contributed by atoms with Gasteiger partial charge in [0.2, 0.25) is 5.91 Å². The molecular weight excluding hydrogens is 373 g/mol. The standard InChI is InChI=1S/C20H21F3N2O3/c1-13(24-15-6-4-5-14(12-15)9-10-19(27)28)11-18(26)25-17-8-3-2-7-16(17)20(21,22)23/h2-8,12-13,24H,9-11H2,1H3,(H,25,26)(H,27,28). The molecule has 0 aliphatic carbocycles. The summed E-state index contributed by atoms with van der Waals surface area (Å²) in [6, 6.07) is 11.6. The molecule has 0 fully saturated rings. The van der Waals surface area contributed by atoms with Gasteiger partial charge in [0.05, 0.1) is 11.3 Å². The number of amides is 1. The predicted molar refractivity (Wildman–Crippen MR) is 100 cm³/mol. The van der Waals surface area contributed by atoms with Gasteiger partial charge in [0, 0.05) is 24.6 Å². The lowest BCUT2D eigenvalue weighted by molar-refractivity contribution is -0.138. The van der Waals surface area contributed by atoms with Gasteiger partial charge < -0.3 is 15.7 Å². The first-order chi connectivity index (χ1) is 13.1. The molecule has 1 unspecified atom stereocenters. The van der Waals surface area contributed by atoms with Gasteiger partial charge in [-0.2, -0.15) is 13.2 Å². The molecule has 1 amide bonds. The zero-order valence-electron chi connectivity index (χ0n) is 15.2. The fraction of sp³-hybridized carbons (Fsp3) is 0.300. The van der Waals surface area contributed by atoms with E-state index >= 15 is 0 Å². The number of hydrogen-bond acceptors (Lipinski definition) is 3. The molecule has 2 aromatic carbocycles. The van der Waals surface area contributed by atoms with Crippen LogP contribution in [0.5, 0.6) is 0 Å². The Bertz CT molecular complexity index is 837. The summed E-state index contributed by atoms with van der Waals surface area (Å²) in [4.78, 5) is 22.8. The van der Waals surface area contributed by atoms with Crippen LogP contribution in [0.15, 0.2) is 48.5 Å². The predicted octanol–water partition coefficient (Wildman–Crippen LogP) is 4.55. The van der Waals surface area contributed by atoms with Crippen molar-refractivity contribution < 1.29 is 27.9 Å². The van der Waals surface area contributed by atoms with E-state index in [4.69, 9.17) is 5.11 Å². The highest BCUT2D eigenvalue weighted by atomic mass is 19.4. The molecule has 1 atom stereocenters. The van der Waals surface area contributed by atoms with E-state index in [0.717, 1.165) is 11.6 Å². The smallest absolute Gasteiger partial charge is 0.418 e. The minimum absolute atomic E-state index is 0.0139. The van der Waals surface area contributed by atoms with Crippen LogP contribution >= 0.6 is 0 Å². The second-order valence-corrected chi connectivity index (χ2v) is 6.44. The number of anilines is 2. The first-order valence-corrected chi connectivity index (χ1v) is 8.68. The summed E-state index contributed by atoms with van der Waals surface area (Å²) in [5.41, 5.74) is 0.375. The number of aryl methyl sites for hydroxylation is 1. The number of nitrogens with one attached hydrogen (secondary N) is 2. The summed E-state index contributed by atoms with van der Waals surface area (Å²) in [5, 5.41) is 14.2.